The van der Waals surface area contributed by atoms with Gasteiger partial charge in [0.05, 0.1) is 0 Å². The Bertz CT molecular complexity index is 13.5. The van der Waals surface area contributed by atoms with Crippen molar-refractivity contribution in [2.24, 2.45) is 0 Å². The van der Waals surface area contributed by atoms with Crippen LogP contribution in [0.5, 0.6) is 0 Å². The second-order valence-corrected chi connectivity index (χ2v) is 0.376. The van der Waals surface area contributed by atoms with Gasteiger partial charge in [-0.3, -0.25) is 0 Å². The summed E-state index contributed by atoms with van der Waals surface area (Å²) in [6.07, 6.45) is 0. The molecule has 1 N–H and O–H groups in total. The van der Waals surface area contributed by atoms with E-state index in [1.54, 1.807) is 0 Å². The van der Waals surface area contributed by atoms with Gasteiger partial charge in [0.25, 0.3) is 0 Å². The van der Waals surface area contributed by atoms with E-state index in [2.05, 4.69) is 0 Å². The molecular weight excluding hydrogens is 91.9 g/mol. The van der Waals surface area contributed by atoms with Crippen molar-refractivity contribution >= 4 is 0 Å². The van der Waals surface area contributed by atoms with E-state index in [0.29, 0.717) is 0 Å². The molecule has 0 aliphatic rings. The van der Waals surface area contributed by atoms with Gasteiger partial charge < -0.3 is 7.43 Å². The van der Waals surface area contributed by atoms with Gasteiger partial charge in [-0.15, -0.1) is 0 Å². The first kappa shape index (κ1) is 8.82. The zero-order valence-electron chi connectivity index (χ0n) is 2.36. The van der Waals surface area contributed by atoms with Gasteiger partial charge in [0.2, 0.25) is 0 Å². The quantitative estimate of drug-likeness (QED) is 0.334. The van der Waals surface area contributed by atoms with Crippen molar-refractivity contribution in [2.45, 2.75) is 0 Å². The summed E-state index contributed by atoms with van der Waals surface area (Å²) in [5.74, 6) is 0. The molecule has 25 valence electrons. The topological polar surface area (TPSA) is 37.3 Å². The summed E-state index contributed by atoms with van der Waals surface area (Å²) in [6.45, 7) is 0. The van der Waals surface area contributed by atoms with Gasteiger partial charge in [-0.05, 0) is 0 Å². The summed E-state index contributed by atoms with van der Waals surface area (Å²) < 4.78 is 15.8. The SMILES string of the molecule is [CH3-].[O]=[Ti][OH]. The van der Waals surface area contributed by atoms with Crippen molar-refractivity contribution in [3.05, 3.63) is 7.43 Å². The molecule has 0 aromatic carbocycles. The van der Waals surface area contributed by atoms with E-state index in [0.717, 1.165) is 0 Å². The van der Waals surface area contributed by atoms with Gasteiger partial charge >= 0.3 is 26.5 Å². The Labute approximate surface area is 34.6 Å². The Morgan fingerprint density at radius 2 is 1.75 bits per heavy atom. The van der Waals surface area contributed by atoms with Crippen LogP contribution in [0.3, 0.4) is 0 Å². The van der Waals surface area contributed by atoms with Crippen LogP contribution in [0.15, 0.2) is 0 Å². The number of hydrogen-bond acceptors (Lipinski definition) is 1. The van der Waals surface area contributed by atoms with Crippen molar-refractivity contribution in [2.75, 3.05) is 0 Å². The Balaban J connectivity index is 0. The van der Waals surface area contributed by atoms with Crippen LogP contribution in [0, 0.1) is 7.43 Å². The normalized spacial score (nSPS) is 2.25. The molecule has 0 aromatic rings. The predicted octanol–water partition coefficient (Wildman–Crippen LogP) is -0.228. The molecular formula is CH4O2Ti-. The molecule has 0 radical (unpaired) electrons. The van der Waals surface area contributed by atoms with Crippen LogP contribution in [-0.2, 0) is 22.8 Å². The molecule has 0 saturated carbocycles. The summed E-state index contributed by atoms with van der Waals surface area (Å²) in [5.41, 5.74) is 0. The molecule has 0 rings (SSSR count). The number of rotatable bonds is 0. The van der Waals surface area contributed by atoms with E-state index in [-0.39, 0.29) is 7.43 Å². The Kier molecular flexibility index (Phi) is 21.6. The van der Waals surface area contributed by atoms with E-state index in [1.165, 1.54) is 0 Å². The van der Waals surface area contributed by atoms with E-state index in [1.807, 2.05) is 0 Å². The van der Waals surface area contributed by atoms with Crippen LogP contribution in [-0.4, -0.2) is 3.69 Å². The fourth-order valence-electron chi connectivity index (χ4n) is 0. The monoisotopic (exact) mass is 96.0 g/mol. The molecule has 0 unspecified atom stereocenters. The molecule has 0 saturated heterocycles. The third-order valence-electron chi connectivity index (χ3n) is 0. The van der Waals surface area contributed by atoms with Crippen molar-refractivity contribution < 1.29 is 26.5 Å². The van der Waals surface area contributed by atoms with Gasteiger partial charge in [0, 0.05) is 0 Å². The molecule has 0 spiro atoms. The first-order valence-corrected chi connectivity index (χ1v) is 1.76. The van der Waals surface area contributed by atoms with Crippen LogP contribution < -0.4 is 0 Å². The molecule has 0 fully saturated rings. The molecule has 0 amide bonds. The van der Waals surface area contributed by atoms with Crippen LogP contribution in [0.2, 0.25) is 0 Å². The zero-order chi connectivity index (χ0) is 2.71. The average molecular weight is 95.9 g/mol. The van der Waals surface area contributed by atoms with Gasteiger partial charge in [-0.2, -0.15) is 0 Å². The van der Waals surface area contributed by atoms with Crippen molar-refractivity contribution in [3.63, 3.8) is 0 Å². The van der Waals surface area contributed by atoms with Gasteiger partial charge in [-0.25, -0.2) is 0 Å². The first-order chi connectivity index (χ1) is 1.41. The van der Waals surface area contributed by atoms with Crippen molar-refractivity contribution in [1.82, 2.24) is 0 Å². The zero-order valence-corrected chi connectivity index (χ0v) is 3.92. The Morgan fingerprint density at radius 1 is 1.75 bits per heavy atom. The third-order valence-corrected chi connectivity index (χ3v) is 0. The molecule has 0 atom stereocenters. The number of hydrogen-bond donors (Lipinski definition) is 1. The van der Waals surface area contributed by atoms with Crippen molar-refractivity contribution in [3.8, 4) is 0 Å². The molecule has 0 aliphatic heterocycles. The predicted molar refractivity (Wildman–Crippen MR) is 9.32 cm³/mol. The van der Waals surface area contributed by atoms with Gasteiger partial charge in [0.1, 0.15) is 0 Å². The van der Waals surface area contributed by atoms with Crippen LogP contribution in [0.4, 0.5) is 0 Å². The molecule has 3 heteroatoms. The average Bonchev–Trinajstić information content (AvgIpc) is 0.918. The molecule has 0 aliphatic carbocycles. The van der Waals surface area contributed by atoms with Gasteiger partial charge in [0.15, 0.2) is 0 Å². The Hall–Kier alpha value is 0.474. The van der Waals surface area contributed by atoms with E-state index >= 15 is 0 Å². The standard InChI is InChI=1S/CH3.H2O.O.Ti/h1H3;1H2;;/q-1;;;+1/p-1. The van der Waals surface area contributed by atoms with E-state index in [4.69, 9.17) is 7.01 Å². The Morgan fingerprint density at radius 3 is 1.75 bits per heavy atom. The fraction of sp³-hybridized carbons (Fsp3) is 0. The fourth-order valence-corrected chi connectivity index (χ4v) is 0. The van der Waals surface area contributed by atoms with Crippen LogP contribution >= 0.6 is 0 Å². The first-order valence-electron chi connectivity index (χ1n) is 0.428. The summed E-state index contributed by atoms with van der Waals surface area (Å²) in [6, 6.07) is 0. The maximum absolute atomic E-state index is 8.61. The summed E-state index contributed by atoms with van der Waals surface area (Å²) in [5, 5.41) is 0. The summed E-state index contributed by atoms with van der Waals surface area (Å²) in [7, 11) is 0. The van der Waals surface area contributed by atoms with Gasteiger partial charge in [-0.1, -0.05) is 0 Å². The van der Waals surface area contributed by atoms with E-state index < -0.39 is 19.5 Å². The van der Waals surface area contributed by atoms with E-state index in [9.17, 15) is 0 Å². The third kappa shape index (κ3) is 23.9. The second-order valence-electron chi connectivity index (χ2n) is 0.0913. The summed E-state index contributed by atoms with van der Waals surface area (Å²) in [4.78, 5) is 0. The molecule has 4 heavy (non-hydrogen) atoms. The van der Waals surface area contributed by atoms with Crippen molar-refractivity contribution in [1.29, 1.82) is 0 Å². The molecule has 0 aromatic heterocycles. The van der Waals surface area contributed by atoms with Crippen LogP contribution in [0.25, 0.3) is 0 Å². The molecule has 0 bridgehead atoms. The minimum absolute atomic E-state index is 0. The second kappa shape index (κ2) is 9.79. The molecule has 2 nitrogen and oxygen atoms in total. The molecule has 0 heterocycles. The van der Waals surface area contributed by atoms with Crippen LogP contribution in [0.1, 0.15) is 0 Å². The maximum atomic E-state index is 8.61. The summed E-state index contributed by atoms with van der Waals surface area (Å²) >= 11 is -1.75. The minimum atomic E-state index is -1.75.